The van der Waals surface area contributed by atoms with Crippen molar-refractivity contribution >= 4 is 5.97 Å². The van der Waals surface area contributed by atoms with Crippen molar-refractivity contribution in [3.8, 4) is 18.9 Å². The molecule has 0 aliphatic carbocycles. The molecule has 0 saturated carbocycles. The molecule has 0 amide bonds. The second kappa shape index (κ2) is 13.5. The number of carbonyl (C=O) groups excluding carboxylic acids is 1. The molecule has 22 heavy (non-hydrogen) atoms. The second-order valence-corrected chi connectivity index (χ2v) is 4.28. The van der Waals surface area contributed by atoms with Crippen LogP contribution >= 0.6 is 0 Å². The number of ether oxygens (including phenoxy) is 1. The van der Waals surface area contributed by atoms with Crippen LogP contribution in [-0.4, -0.2) is 30.6 Å². The molecule has 0 aliphatic heterocycles. The molecule has 0 aromatic rings. The highest BCUT2D eigenvalue weighted by Crippen LogP contribution is 2.07. The van der Waals surface area contributed by atoms with E-state index in [1.54, 1.807) is 13.0 Å². The van der Waals surface area contributed by atoms with Gasteiger partial charge in [0.1, 0.15) is 11.6 Å². The van der Waals surface area contributed by atoms with Gasteiger partial charge in [0, 0.05) is 18.8 Å². The summed E-state index contributed by atoms with van der Waals surface area (Å²) < 4.78 is 4.81. The molecule has 0 atom stereocenters. The number of nitrogens with zero attached hydrogens (tertiary/aromatic N) is 2. The Kier molecular flexibility index (Phi) is 13.4. The number of carbonyl (C=O) groups is 1. The fourth-order valence-corrected chi connectivity index (χ4v) is 1.70. The molecule has 0 fully saturated rings. The van der Waals surface area contributed by atoms with Crippen LogP contribution in [0.2, 0.25) is 0 Å². The van der Waals surface area contributed by atoms with Gasteiger partial charge >= 0.3 is 5.97 Å². The molecule has 0 aromatic carbocycles. The smallest absolute Gasteiger partial charge is 0.348 e. The number of allylic oxidation sites excluding steroid dienone is 5. The highest BCUT2D eigenvalue weighted by Gasteiger charge is 2.08. The zero-order valence-electron chi connectivity index (χ0n) is 14.2. The van der Waals surface area contributed by atoms with E-state index in [1.165, 1.54) is 0 Å². The number of rotatable bonds is 7. The molecule has 0 bridgehead atoms. The summed E-state index contributed by atoms with van der Waals surface area (Å²) in [6, 6.07) is 1.86. The largest absolute Gasteiger partial charge is 0.462 e. The maximum absolute atomic E-state index is 11.5. The van der Waals surface area contributed by atoms with Gasteiger partial charge in [-0.1, -0.05) is 6.08 Å². The first-order chi connectivity index (χ1) is 10.5. The summed E-state index contributed by atoms with van der Waals surface area (Å²) in [5.74, 6) is -0.577. The van der Waals surface area contributed by atoms with Crippen molar-refractivity contribution < 1.29 is 9.53 Å². The predicted molar refractivity (Wildman–Crippen MR) is 90.7 cm³/mol. The lowest BCUT2D eigenvalue weighted by molar-refractivity contribution is -0.138. The molecular weight excluding hydrogens is 276 g/mol. The monoisotopic (exact) mass is 302 g/mol. The summed E-state index contributed by atoms with van der Waals surface area (Å²) >= 11 is 0. The van der Waals surface area contributed by atoms with Gasteiger partial charge in [0.05, 0.1) is 6.61 Å². The van der Waals surface area contributed by atoms with E-state index in [-0.39, 0.29) is 12.2 Å². The average Bonchev–Trinajstić information content (AvgIpc) is 2.53. The predicted octanol–water partition coefficient (Wildman–Crippen LogP) is 3.44. The van der Waals surface area contributed by atoms with Gasteiger partial charge in [0.2, 0.25) is 0 Å². The Bertz CT molecular complexity index is 487. The molecule has 0 aliphatic rings. The molecule has 0 saturated heterocycles. The van der Waals surface area contributed by atoms with Crippen molar-refractivity contribution in [1.29, 1.82) is 5.26 Å². The minimum absolute atomic E-state index is 0.0227. The average molecular weight is 302 g/mol. The first-order valence-electron chi connectivity index (χ1n) is 7.22. The van der Waals surface area contributed by atoms with Crippen LogP contribution < -0.4 is 0 Å². The molecule has 0 radical (unpaired) electrons. The molecule has 4 heteroatoms. The Morgan fingerprint density at radius 1 is 1.18 bits per heavy atom. The van der Waals surface area contributed by atoms with Crippen molar-refractivity contribution in [3.05, 3.63) is 35.1 Å². The van der Waals surface area contributed by atoms with Crippen LogP contribution in [0.25, 0.3) is 0 Å². The topological polar surface area (TPSA) is 53.3 Å². The van der Waals surface area contributed by atoms with Crippen LogP contribution in [0.3, 0.4) is 0 Å². The van der Waals surface area contributed by atoms with E-state index in [0.29, 0.717) is 0 Å². The summed E-state index contributed by atoms with van der Waals surface area (Å²) in [4.78, 5) is 13.7. The molecular formula is C18H26N2O2. The molecule has 0 N–H and O–H groups in total. The maximum atomic E-state index is 11.5. The van der Waals surface area contributed by atoms with Gasteiger partial charge < -0.3 is 9.64 Å². The minimum Gasteiger partial charge on any atom is -0.462 e. The van der Waals surface area contributed by atoms with Crippen molar-refractivity contribution in [2.24, 2.45) is 0 Å². The summed E-state index contributed by atoms with van der Waals surface area (Å²) in [6.07, 6.45) is 13.4. The summed E-state index contributed by atoms with van der Waals surface area (Å²) in [6.45, 7) is 12.0. The van der Waals surface area contributed by atoms with Gasteiger partial charge in [-0.3, -0.25) is 0 Å². The Morgan fingerprint density at radius 3 is 2.14 bits per heavy atom. The molecule has 4 nitrogen and oxygen atoms in total. The second-order valence-electron chi connectivity index (χ2n) is 4.28. The molecule has 0 unspecified atom stereocenters. The molecule has 0 heterocycles. The summed E-state index contributed by atoms with van der Waals surface area (Å²) in [5.41, 5.74) is 2.01. The fourth-order valence-electron chi connectivity index (χ4n) is 1.70. The van der Waals surface area contributed by atoms with Gasteiger partial charge in [-0.2, -0.15) is 5.26 Å². The highest BCUT2D eigenvalue weighted by molar-refractivity contribution is 5.93. The van der Waals surface area contributed by atoms with Crippen molar-refractivity contribution in [2.75, 3.05) is 19.7 Å². The van der Waals surface area contributed by atoms with Crippen molar-refractivity contribution in [1.82, 2.24) is 4.90 Å². The Balaban J connectivity index is 0. The molecule has 0 rings (SSSR count). The standard InChI is InChI=1S/C16H24N2O2.C2H2/c1-6-18(7-2)14(5)10-9-13(4)11-15(12-17)16(19)20-8-3;1-2/h9-11H,6-8H2,1-5H3;1-2H/b13-9+,14-10+,15-11+;. The van der Waals surface area contributed by atoms with E-state index in [2.05, 4.69) is 31.6 Å². The van der Waals surface area contributed by atoms with E-state index < -0.39 is 5.97 Å². The lowest BCUT2D eigenvalue weighted by Crippen LogP contribution is -2.20. The first-order valence-corrected chi connectivity index (χ1v) is 7.22. The van der Waals surface area contributed by atoms with E-state index in [9.17, 15) is 4.79 Å². The normalized spacial score (nSPS) is 11.8. The number of nitriles is 1. The van der Waals surface area contributed by atoms with Gasteiger partial charge in [-0.05, 0) is 52.3 Å². The summed E-state index contributed by atoms with van der Waals surface area (Å²) in [5, 5.41) is 8.94. The summed E-state index contributed by atoms with van der Waals surface area (Å²) in [7, 11) is 0. The molecule has 0 aromatic heterocycles. The van der Waals surface area contributed by atoms with Crippen molar-refractivity contribution in [2.45, 2.75) is 34.6 Å². The van der Waals surface area contributed by atoms with E-state index in [0.717, 1.165) is 24.4 Å². The van der Waals surface area contributed by atoms with E-state index in [4.69, 9.17) is 10.00 Å². The third-order valence-electron chi connectivity index (χ3n) is 2.84. The zero-order valence-corrected chi connectivity index (χ0v) is 14.2. The minimum atomic E-state index is -0.577. The lowest BCUT2D eigenvalue weighted by Gasteiger charge is -2.21. The number of hydrogen-bond acceptors (Lipinski definition) is 4. The van der Waals surface area contributed by atoms with Crippen molar-refractivity contribution in [3.63, 3.8) is 0 Å². The number of terminal acetylenes is 1. The molecule has 0 spiro atoms. The third-order valence-corrected chi connectivity index (χ3v) is 2.84. The van der Waals surface area contributed by atoms with Crippen LogP contribution in [0.5, 0.6) is 0 Å². The van der Waals surface area contributed by atoms with E-state index >= 15 is 0 Å². The van der Waals surface area contributed by atoms with Crippen LogP contribution in [-0.2, 0) is 9.53 Å². The van der Waals surface area contributed by atoms with Crippen LogP contribution in [0.4, 0.5) is 0 Å². The van der Waals surface area contributed by atoms with Gasteiger partial charge in [-0.15, -0.1) is 12.8 Å². The van der Waals surface area contributed by atoms with Gasteiger partial charge in [-0.25, -0.2) is 4.79 Å². The Hall–Kier alpha value is -2.46. The van der Waals surface area contributed by atoms with E-state index in [1.807, 2.05) is 32.1 Å². The Labute approximate surface area is 134 Å². The SMILES string of the molecule is C#C.CCOC(=O)/C(C#N)=C/C(C)=C/C=C(\C)N(CC)CC. The Morgan fingerprint density at radius 2 is 1.73 bits per heavy atom. The third kappa shape index (κ3) is 8.66. The maximum Gasteiger partial charge on any atom is 0.348 e. The number of hydrogen-bond donors (Lipinski definition) is 0. The molecule has 120 valence electrons. The highest BCUT2D eigenvalue weighted by atomic mass is 16.5. The van der Waals surface area contributed by atoms with Gasteiger partial charge in [0.15, 0.2) is 0 Å². The van der Waals surface area contributed by atoms with Gasteiger partial charge in [0.25, 0.3) is 0 Å². The van der Waals surface area contributed by atoms with Crippen LogP contribution in [0, 0.1) is 24.2 Å². The first kappa shape index (κ1) is 21.8. The zero-order chi connectivity index (χ0) is 17.5. The van der Waals surface area contributed by atoms with Crippen LogP contribution in [0.15, 0.2) is 35.1 Å². The number of esters is 1. The lowest BCUT2D eigenvalue weighted by atomic mass is 10.1. The quantitative estimate of drug-likeness (QED) is 0.238. The fraction of sp³-hybridized carbons (Fsp3) is 0.444. The van der Waals surface area contributed by atoms with Crippen LogP contribution in [0.1, 0.15) is 34.6 Å².